The number of nitrogens with one attached hydrogen (secondary N) is 1. The van der Waals surface area contributed by atoms with E-state index in [1.807, 2.05) is 13.8 Å². The highest BCUT2D eigenvalue weighted by atomic mass is 32.2. The van der Waals surface area contributed by atoms with Gasteiger partial charge in [0.25, 0.3) is 0 Å². The van der Waals surface area contributed by atoms with Gasteiger partial charge in [-0.05, 0) is 87.1 Å². The standard InChI is InChI=1S/C36H43F3N6O7S/c1-21-6-7-24(29(34(4,5)33(47)48)26-10-14-45-30(23(26)3)42-43-32(45)36(37,38)39)18-25(21)19-44-20-35(12-16-51-17-13-35)52-31-27(53(44,49)50)8-9-28(41-31)40-22(2)11-15-46/h6-10,14,18,22,29,46H,11-13,15-17,19-20H2,1-5H3,(H,40,41)(H,47,48)/t22-,29+/m1/s1. The zero-order chi connectivity index (χ0) is 38.5. The first-order valence-electron chi connectivity index (χ1n) is 17.3. The van der Waals surface area contributed by atoms with E-state index in [1.54, 1.807) is 31.2 Å². The lowest BCUT2D eigenvalue weighted by atomic mass is 9.70. The highest BCUT2D eigenvalue weighted by molar-refractivity contribution is 7.89. The number of aliphatic hydroxyl groups excluding tert-OH is 1. The Morgan fingerprint density at radius 1 is 1.09 bits per heavy atom. The number of aromatic nitrogens is 4. The fourth-order valence-electron chi connectivity index (χ4n) is 7.17. The van der Waals surface area contributed by atoms with Gasteiger partial charge in [0.1, 0.15) is 16.3 Å². The Balaban J connectivity index is 1.43. The number of carboxylic acids is 1. The minimum Gasteiger partial charge on any atom is -0.481 e. The third-order valence-corrected chi connectivity index (χ3v) is 12.1. The minimum absolute atomic E-state index is 0.00333. The SMILES string of the molecule is Cc1ccc([C@@H](c2ccn3c(C(F)(F)F)nnc3c2C)C(C)(C)C(=O)O)cc1CN1CC2(CCOCC2)Oc2nc(N[C@H](C)CCO)ccc2S1(=O)=O. The molecule has 17 heteroatoms. The third-order valence-electron chi connectivity index (χ3n) is 10.3. The molecule has 1 aromatic carbocycles. The molecule has 286 valence electrons. The van der Waals surface area contributed by atoms with E-state index in [0.717, 1.165) is 9.96 Å². The Labute approximate surface area is 305 Å². The summed E-state index contributed by atoms with van der Waals surface area (Å²) in [6.07, 6.45) is -2.28. The van der Waals surface area contributed by atoms with Gasteiger partial charge in [-0.3, -0.25) is 9.20 Å². The van der Waals surface area contributed by atoms with Crippen LogP contribution in [-0.2, 0) is 32.3 Å². The van der Waals surface area contributed by atoms with Gasteiger partial charge in [0.05, 0.1) is 25.2 Å². The molecule has 3 N–H and O–H groups in total. The van der Waals surface area contributed by atoms with Gasteiger partial charge < -0.3 is 25.0 Å². The lowest BCUT2D eigenvalue weighted by Crippen LogP contribution is -2.50. The highest BCUT2D eigenvalue weighted by Crippen LogP contribution is 2.45. The third kappa shape index (κ3) is 7.31. The van der Waals surface area contributed by atoms with Crippen LogP contribution in [0.25, 0.3) is 5.65 Å². The summed E-state index contributed by atoms with van der Waals surface area (Å²) in [5, 5.41) is 30.1. The summed E-state index contributed by atoms with van der Waals surface area (Å²) in [6, 6.07) is 9.66. The van der Waals surface area contributed by atoms with Crippen LogP contribution in [0.3, 0.4) is 0 Å². The molecule has 2 atom stereocenters. The summed E-state index contributed by atoms with van der Waals surface area (Å²) in [4.78, 5) is 17.3. The molecule has 0 aliphatic carbocycles. The number of aryl methyl sites for hydroxylation is 2. The van der Waals surface area contributed by atoms with E-state index in [0.29, 0.717) is 60.5 Å². The second-order valence-electron chi connectivity index (χ2n) is 14.5. The number of nitrogens with zero attached hydrogens (tertiary/aromatic N) is 5. The monoisotopic (exact) mass is 760 g/mol. The van der Waals surface area contributed by atoms with Crippen LogP contribution in [-0.4, -0.2) is 86.5 Å². The highest BCUT2D eigenvalue weighted by Gasteiger charge is 2.46. The van der Waals surface area contributed by atoms with Crippen LogP contribution in [0.2, 0.25) is 0 Å². The quantitative estimate of drug-likeness (QED) is 0.191. The Morgan fingerprint density at radius 3 is 2.47 bits per heavy atom. The van der Waals surface area contributed by atoms with Crippen molar-refractivity contribution in [2.75, 3.05) is 31.7 Å². The van der Waals surface area contributed by atoms with E-state index in [4.69, 9.17) is 9.47 Å². The predicted molar refractivity (Wildman–Crippen MR) is 187 cm³/mol. The lowest BCUT2D eigenvalue weighted by molar-refractivity contribution is -0.147. The van der Waals surface area contributed by atoms with Crippen LogP contribution in [0.1, 0.15) is 79.6 Å². The van der Waals surface area contributed by atoms with Crippen molar-refractivity contribution in [3.63, 3.8) is 0 Å². The second-order valence-corrected chi connectivity index (χ2v) is 16.4. The first kappa shape index (κ1) is 38.4. The summed E-state index contributed by atoms with van der Waals surface area (Å²) < 4.78 is 84.3. The second kappa shape index (κ2) is 14.2. The molecule has 0 radical (unpaired) electrons. The van der Waals surface area contributed by atoms with Gasteiger partial charge in [-0.1, -0.05) is 18.2 Å². The van der Waals surface area contributed by atoms with Gasteiger partial charge >= 0.3 is 12.1 Å². The maximum atomic E-state index is 14.5. The average molecular weight is 761 g/mol. The number of alkyl halides is 3. The maximum Gasteiger partial charge on any atom is 0.452 e. The number of ether oxygens (including phenoxy) is 2. The molecule has 1 spiro atoms. The zero-order valence-electron chi connectivity index (χ0n) is 30.1. The predicted octanol–water partition coefficient (Wildman–Crippen LogP) is 5.32. The van der Waals surface area contributed by atoms with Crippen molar-refractivity contribution in [1.29, 1.82) is 0 Å². The van der Waals surface area contributed by atoms with E-state index in [-0.39, 0.29) is 42.2 Å². The molecule has 5 heterocycles. The summed E-state index contributed by atoms with van der Waals surface area (Å²) >= 11 is 0. The summed E-state index contributed by atoms with van der Waals surface area (Å²) in [5.41, 5.74) is 0.175. The number of hydrogen-bond donors (Lipinski definition) is 3. The van der Waals surface area contributed by atoms with Crippen LogP contribution in [0.4, 0.5) is 19.0 Å². The molecule has 6 rings (SSSR count). The van der Waals surface area contributed by atoms with Crippen LogP contribution in [0.15, 0.2) is 47.5 Å². The number of pyridine rings is 2. The first-order chi connectivity index (χ1) is 24.9. The van der Waals surface area contributed by atoms with E-state index in [9.17, 15) is 36.6 Å². The fourth-order valence-corrected chi connectivity index (χ4v) is 8.71. The van der Waals surface area contributed by atoms with Crippen molar-refractivity contribution in [3.05, 3.63) is 76.2 Å². The summed E-state index contributed by atoms with van der Waals surface area (Å²) in [5.74, 6) is -2.85. The molecular weight excluding hydrogens is 717 g/mol. The van der Waals surface area contributed by atoms with Gasteiger partial charge in [-0.15, -0.1) is 10.2 Å². The van der Waals surface area contributed by atoms with E-state index < -0.39 is 44.9 Å². The van der Waals surface area contributed by atoms with Crippen LogP contribution < -0.4 is 10.1 Å². The largest absolute Gasteiger partial charge is 0.481 e. The number of hydrogen-bond acceptors (Lipinski definition) is 10. The number of halogens is 3. The number of carboxylic acid groups (broad SMARTS) is 1. The zero-order valence-corrected chi connectivity index (χ0v) is 30.9. The summed E-state index contributed by atoms with van der Waals surface area (Å²) in [7, 11) is -4.20. The number of aliphatic carboxylic acids is 1. The molecule has 0 amide bonds. The summed E-state index contributed by atoms with van der Waals surface area (Å²) in [6.45, 7) is 8.95. The van der Waals surface area contributed by atoms with Gasteiger partial charge in [-0.25, -0.2) is 8.42 Å². The van der Waals surface area contributed by atoms with Crippen molar-refractivity contribution in [1.82, 2.24) is 23.9 Å². The number of anilines is 1. The molecule has 3 aromatic heterocycles. The van der Waals surface area contributed by atoms with Gasteiger partial charge in [0, 0.05) is 44.1 Å². The maximum absolute atomic E-state index is 14.5. The van der Waals surface area contributed by atoms with Crippen molar-refractivity contribution in [2.45, 2.75) is 89.1 Å². The van der Waals surface area contributed by atoms with Crippen molar-refractivity contribution in [3.8, 4) is 5.88 Å². The molecule has 0 saturated carbocycles. The van der Waals surface area contributed by atoms with Crippen LogP contribution in [0.5, 0.6) is 5.88 Å². The Hall–Kier alpha value is -4.32. The number of rotatable bonds is 10. The van der Waals surface area contributed by atoms with E-state index in [1.165, 1.54) is 36.5 Å². The fraction of sp³-hybridized carbons (Fsp3) is 0.500. The molecule has 0 unspecified atom stereocenters. The average Bonchev–Trinajstić information content (AvgIpc) is 3.50. The number of aliphatic hydroxyl groups is 1. The molecule has 2 aliphatic heterocycles. The van der Waals surface area contributed by atoms with Crippen molar-refractivity contribution in [2.24, 2.45) is 5.41 Å². The minimum atomic E-state index is -4.75. The molecule has 4 aromatic rings. The number of benzene rings is 1. The molecule has 53 heavy (non-hydrogen) atoms. The van der Waals surface area contributed by atoms with Gasteiger partial charge in [-0.2, -0.15) is 22.5 Å². The Kier molecular flexibility index (Phi) is 10.3. The normalized spacial score (nSPS) is 18.6. The smallest absolute Gasteiger partial charge is 0.452 e. The Bertz CT molecular complexity index is 2130. The van der Waals surface area contributed by atoms with E-state index >= 15 is 0 Å². The van der Waals surface area contributed by atoms with Crippen molar-refractivity contribution >= 4 is 27.5 Å². The first-order valence-corrected chi connectivity index (χ1v) is 18.7. The molecule has 2 aliphatic rings. The molecule has 1 saturated heterocycles. The van der Waals surface area contributed by atoms with E-state index in [2.05, 4.69) is 20.5 Å². The van der Waals surface area contributed by atoms with Gasteiger partial charge in [0.2, 0.25) is 21.7 Å². The number of carbonyl (C=O) groups is 1. The topological polar surface area (TPSA) is 168 Å². The lowest BCUT2D eigenvalue weighted by Gasteiger charge is -2.38. The molecule has 13 nitrogen and oxygen atoms in total. The van der Waals surface area contributed by atoms with Crippen LogP contribution in [0, 0.1) is 19.3 Å². The number of sulfonamides is 1. The molecule has 0 bridgehead atoms. The Morgan fingerprint density at radius 2 is 1.81 bits per heavy atom. The molecule has 1 fully saturated rings. The van der Waals surface area contributed by atoms with Gasteiger partial charge in [0.15, 0.2) is 5.65 Å². The van der Waals surface area contributed by atoms with Crippen LogP contribution >= 0.6 is 0 Å². The van der Waals surface area contributed by atoms with Crippen molar-refractivity contribution < 1.29 is 46.1 Å². The number of fused-ring (bicyclic) bond motifs is 2. The molecular formula is C36H43F3N6O7S.